The van der Waals surface area contributed by atoms with Gasteiger partial charge in [-0.3, -0.25) is 9.78 Å². The van der Waals surface area contributed by atoms with Crippen molar-refractivity contribution in [2.75, 3.05) is 0 Å². The van der Waals surface area contributed by atoms with E-state index in [2.05, 4.69) is 10.1 Å². The van der Waals surface area contributed by atoms with Crippen molar-refractivity contribution >= 4 is 11.6 Å². The zero-order chi connectivity index (χ0) is 14.8. The quantitative estimate of drug-likeness (QED) is 0.729. The van der Waals surface area contributed by atoms with Crippen LogP contribution in [0.1, 0.15) is 5.56 Å². The van der Waals surface area contributed by atoms with E-state index in [9.17, 15) is 4.79 Å². The molecule has 104 valence electrons. The van der Waals surface area contributed by atoms with Crippen LogP contribution in [-0.4, -0.2) is 14.8 Å². The van der Waals surface area contributed by atoms with Crippen molar-refractivity contribution in [1.82, 2.24) is 14.8 Å². The summed E-state index contributed by atoms with van der Waals surface area (Å²) < 4.78 is 1.37. The maximum Gasteiger partial charge on any atom is 0.274 e. The van der Waals surface area contributed by atoms with E-state index in [-0.39, 0.29) is 5.56 Å². The summed E-state index contributed by atoms with van der Waals surface area (Å²) in [5.41, 5.74) is 2.73. The Balaban J connectivity index is 2.19. The number of hydrogen-bond donors (Lipinski definition) is 0. The summed E-state index contributed by atoms with van der Waals surface area (Å²) in [6.45, 7) is 1.77. The number of hydrogen-bond acceptors (Lipinski definition) is 3. The second-order valence-electron chi connectivity index (χ2n) is 4.65. The van der Waals surface area contributed by atoms with E-state index in [1.807, 2.05) is 12.1 Å². The smallest absolute Gasteiger partial charge is 0.267 e. The van der Waals surface area contributed by atoms with Crippen LogP contribution in [-0.2, 0) is 0 Å². The maximum atomic E-state index is 12.3. The molecule has 3 aromatic rings. The Morgan fingerprint density at radius 1 is 1.14 bits per heavy atom. The van der Waals surface area contributed by atoms with Gasteiger partial charge >= 0.3 is 0 Å². The zero-order valence-electron chi connectivity index (χ0n) is 11.3. The standard InChI is InChI=1S/C16H12ClN3O/c1-11-9-15(12-4-6-13(17)7-5-12)19-20(16(11)21)14-3-2-8-18-10-14/h2-10H,1H3. The van der Waals surface area contributed by atoms with E-state index < -0.39 is 0 Å². The van der Waals surface area contributed by atoms with Crippen LogP contribution in [0.5, 0.6) is 0 Å². The monoisotopic (exact) mass is 297 g/mol. The van der Waals surface area contributed by atoms with Gasteiger partial charge in [0.25, 0.3) is 5.56 Å². The first-order valence-electron chi connectivity index (χ1n) is 6.42. The number of nitrogens with zero attached hydrogens (tertiary/aromatic N) is 3. The van der Waals surface area contributed by atoms with Gasteiger partial charge in [-0.25, -0.2) is 0 Å². The first-order valence-corrected chi connectivity index (χ1v) is 6.80. The molecule has 0 aliphatic rings. The Morgan fingerprint density at radius 2 is 1.90 bits per heavy atom. The van der Waals surface area contributed by atoms with E-state index in [0.29, 0.717) is 22.0 Å². The van der Waals surface area contributed by atoms with E-state index in [1.54, 1.807) is 49.6 Å². The Morgan fingerprint density at radius 3 is 2.57 bits per heavy atom. The summed E-state index contributed by atoms with van der Waals surface area (Å²) in [6, 6.07) is 12.7. The van der Waals surface area contributed by atoms with E-state index in [0.717, 1.165) is 5.56 Å². The van der Waals surface area contributed by atoms with Crippen LogP contribution in [0.25, 0.3) is 16.9 Å². The van der Waals surface area contributed by atoms with Gasteiger partial charge in [-0.05, 0) is 37.3 Å². The van der Waals surface area contributed by atoms with Crippen molar-refractivity contribution in [3.05, 3.63) is 75.8 Å². The van der Waals surface area contributed by atoms with Gasteiger partial charge < -0.3 is 0 Å². The molecule has 0 aliphatic heterocycles. The van der Waals surface area contributed by atoms with E-state index in [1.165, 1.54) is 4.68 Å². The normalized spacial score (nSPS) is 10.6. The second-order valence-corrected chi connectivity index (χ2v) is 5.08. The first kappa shape index (κ1) is 13.5. The summed E-state index contributed by atoms with van der Waals surface area (Å²) in [6.07, 6.45) is 3.27. The first-order chi connectivity index (χ1) is 10.1. The summed E-state index contributed by atoms with van der Waals surface area (Å²) in [4.78, 5) is 16.3. The molecular weight excluding hydrogens is 286 g/mol. The highest BCUT2D eigenvalue weighted by Crippen LogP contribution is 2.19. The molecule has 5 heteroatoms. The molecule has 0 N–H and O–H groups in total. The molecule has 0 saturated carbocycles. The zero-order valence-corrected chi connectivity index (χ0v) is 12.1. The Bertz CT molecular complexity index is 826. The minimum absolute atomic E-state index is 0.152. The Kier molecular flexibility index (Phi) is 3.54. The van der Waals surface area contributed by atoms with Crippen molar-refractivity contribution in [2.45, 2.75) is 6.92 Å². The lowest BCUT2D eigenvalue weighted by Crippen LogP contribution is -2.23. The summed E-state index contributed by atoms with van der Waals surface area (Å²) in [5, 5.41) is 5.09. The van der Waals surface area contributed by atoms with Gasteiger partial charge in [0.15, 0.2) is 0 Å². The highest BCUT2D eigenvalue weighted by molar-refractivity contribution is 6.30. The molecule has 0 bridgehead atoms. The number of pyridine rings is 1. The van der Waals surface area contributed by atoms with Crippen molar-refractivity contribution in [3.63, 3.8) is 0 Å². The summed E-state index contributed by atoms with van der Waals surface area (Å²) in [5.74, 6) is 0. The molecule has 0 amide bonds. The minimum atomic E-state index is -0.152. The Labute approximate surface area is 126 Å². The molecule has 1 aromatic carbocycles. The molecule has 4 nitrogen and oxygen atoms in total. The van der Waals surface area contributed by atoms with Gasteiger partial charge in [-0.15, -0.1) is 0 Å². The van der Waals surface area contributed by atoms with Gasteiger partial charge in [0, 0.05) is 22.3 Å². The number of benzene rings is 1. The van der Waals surface area contributed by atoms with Crippen molar-refractivity contribution in [3.8, 4) is 16.9 Å². The Hall–Kier alpha value is -2.46. The van der Waals surface area contributed by atoms with Crippen LogP contribution in [0, 0.1) is 6.92 Å². The van der Waals surface area contributed by atoms with Gasteiger partial charge in [-0.1, -0.05) is 23.7 Å². The molecule has 0 spiro atoms. The van der Waals surface area contributed by atoms with Gasteiger partial charge in [0.1, 0.15) is 0 Å². The predicted octanol–water partition coefficient (Wildman–Crippen LogP) is 3.26. The fourth-order valence-electron chi connectivity index (χ4n) is 2.03. The molecule has 2 heterocycles. The number of aromatic nitrogens is 3. The van der Waals surface area contributed by atoms with Crippen molar-refractivity contribution in [2.24, 2.45) is 0 Å². The van der Waals surface area contributed by atoms with Crippen molar-refractivity contribution in [1.29, 1.82) is 0 Å². The predicted molar refractivity (Wildman–Crippen MR) is 82.8 cm³/mol. The van der Waals surface area contributed by atoms with Crippen LogP contribution < -0.4 is 5.56 Å². The molecule has 0 unspecified atom stereocenters. The third-order valence-corrected chi connectivity index (χ3v) is 3.37. The minimum Gasteiger partial charge on any atom is -0.267 e. The lowest BCUT2D eigenvalue weighted by molar-refractivity contribution is 0.798. The highest BCUT2D eigenvalue weighted by Gasteiger charge is 2.08. The van der Waals surface area contributed by atoms with Gasteiger partial charge in [0.2, 0.25) is 0 Å². The van der Waals surface area contributed by atoms with Gasteiger partial charge in [0.05, 0.1) is 17.6 Å². The average molecular weight is 298 g/mol. The molecule has 2 aromatic heterocycles. The molecule has 0 aliphatic carbocycles. The third-order valence-electron chi connectivity index (χ3n) is 3.12. The third kappa shape index (κ3) is 2.71. The molecule has 3 rings (SSSR count). The molecule has 0 atom stereocenters. The molecular formula is C16H12ClN3O. The van der Waals surface area contributed by atoms with Crippen LogP contribution in [0.2, 0.25) is 5.02 Å². The number of rotatable bonds is 2. The lowest BCUT2D eigenvalue weighted by Gasteiger charge is -2.08. The maximum absolute atomic E-state index is 12.3. The SMILES string of the molecule is Cc1cc(-c2ccc(Cl)cc2)nn(-c2cccnc2)c1=O. The van der Waals surface area contributed by atoms with Crippen molar-refractivity contribution < 1.29 is 0 Å². The van der Waals surface area contributed by atoms with Gasteiger partial charge in [-0.2, -0.15) is 9.78 Å². The average Bonchev–Trinajstić information content (AvgIpc) is 2.51. The molecule has 0 fully saturated rings. The number of halogens is 1. The fraction of sp³-hybridized carbons (Fsp3) is 0.0625. The molecule has 0 radical (unpaired) electrons. The summed E-state index contributed by atoms with van der Waals surface area (Å²) >= 11 is 5.90. The molecule has 0 saturated heterocycles. The number of aryl methyl sites for hydroxylation is 1. The fourth-order valence-corrected chi connectivity index (χ4v) is 2.16. The van der Waals surface area contributed by atoms with Crippen LogP contribution in [0.3, 0.4) is 0 Å². The van der Waals surface area contributed by atoms with Crippen LogP contribution in [0.4, 0.5) is 0 Å². The van der Waals surface area contributed by atoms with Crippen LogP contribution >= 0.6 is 11.6 Å². The summed E-state index contributed by atoms with van der Waals surface area (Å²) in [7, 11) is 0. The largest absolute Gasteiger partial charge is 0.274 e. The second kappa shape index (κ2) is 5.50. The lowest BCUT2D eigenvalue weighted by atomic mass is 10.1. The van der Waals surface area contributed by atoms with E-state index >= 15 is 0 Å². The van der Waals surface area contributed by atoms with Crippen LogP contribution in [0.15, 0.2) is 59.7 Å². The highest BCUT2D eigenvalue weighted by atomic mass is 35.5. The molecule has 21 heavy (non-hydrogen) atoms. The topological polar surface area (TPSA) is 47.8 Å². The van der Waals surface area contributed by atoms with E-state index in [4.69, 9.17) is 11.6 Å².